The second-order valence-electron chi connectivity index (χ2n) is 8.19. The summed E-state index contributed by atoms with van der Waals surface area (Å²) >= 11 is 0. The number of sulfonamides is 2. The third kappa shape index (κ3) is 5.03. The van der Waals surface area contributed by atoms with Gasteiger partial charge in [-0.1, -0.05) is 30.3 Å². The van der Waals surface area contributed by atoms with Crippen molar-refractivity contribution >= 4 is 37.1 Å². The zero-order chi connectivity index (χ0) is 24.3. The SMILES string of the molecule is CN(C)S(=O)(=O)c1ccc(S(=O)(=O)Nc2ccccc2N2CCN(c3ccccc3)CC2)cc1. The first-order chi connectivity index (χ1) is 16.2. The maximum atomic E-state index is 13.1. The lowest BCUT2D eigenvalue weighted by Gasteiger charge is -2.38. The minimum atomic E-state index is -3.91. The molecule has 1 heterocycles. The van der Waals surface area contributed by atoms with Crippen LogP contribution in [0.1, 0.15) is 0 Å². The smallest absolute Gasteiger partial charge is 0.261 e. The van der Waals surface area contributed by atoms with E-state index in [1.54, 1.807) is 12.1 Å². The standard InChI is InChI=1S/C24H28N4O4S2/c1-26(2)34(31,32)22-14-12-21(13-15-22)33(29,30)25-23-10-6-7-11-24(23)28-18-16-27(17-19-28)20-8-4-3-5-9-20/h3-15,25H,16-19H2,1-2H3. The van der Waals surface area contributed by atoms with Crippen molar-refractivity contribution in [1.82, 2.24) is 4.31 Å². The zero-order valence-corrected chi connectivity index (χ0v) is 20.8. The number of hydrogen-bond acceptors (Lipinski definition) is 6. The molecule has 34 heavy (non-hydrogen) atoms. The van der Waals surface area contributed by atoms with Crippen molar-refractivity contribution in [3.8, 4) is 0 Å². The van der Waals surface area contributed by atoms with Gasteiger partial charge in [-0.2, -0.15) is 0 Å². The molecule has 3 aromatic rings. The normalized spacial score (nSPS) is 14.9. The van der Waals surface area contributed by atoms with Crippen molar-refractivity contribution in [2.45, 2.75) is 9.79 Å². The molecule has 3 aromatic carbocycles. The largest absolute Gasteiger partial charge is 0.368 e. The summed E-state index contributed by atoms with van der Waals surface area (Å²) in [5, 5.41) is 0. The number of anilines is 3. The molecule has 0 saturated carbocycles. The van der Waals surface area contributed by atoms with Gasteiger partial charge in [0.05, 0.1) is 21.2 Å². The van der Waals surface area contributed by atoms with Crippen molar-refractivity contribution < 1.29 is 16.8 Å². The predicted octanol–water partition coefficient (Wildman–Crippen LogP) is 3.06. The van der Waals surface area contributed by atoms with E-state index in [-0.39, 0.29) is 9.79 Å². The summed E-state index contributed by atoms with van der Waals surface area (Å²) in [5.74, 6) is 0. The molecule has 0 bridgehead atoms. The zero-order valence-electron chi connectivity index (χ0n) is 19.1. The molecule has 1 fully saturated rings. The van der Waals surface area contributed by atoms with E-state index in [1.807, 2.05) is 30.3 Å². The van der Waals surface area contributed by atoms with Crippen LogP contribution in [0.25, 0.3) is 0 Å². The monoisotopic (exact) mass is 500 g/mol. The topological polar surface area (TPSA) is 90.0 Å². The second kappa shape index (κ2) is 9.65. The van der Waals surface area contributed by atoms with Crippen LogP contribution in [0.3, 0.4) is 0 Å². The Morgan fingerprint density at radius 2 is 1.21 bits per heavy atom. The van der Waals surface area contributed by atoms with E-state index < -0.39 is 20.0 Å². The van der Waals surface area contributed by atoms with Gasteiger partial charge in [-0.3, -0.25) is 4.72 Å². The van der Waals surface area contributed by atoms with Gasteiger partial charge in [0.2, 0.25) is 10.0 Å². The van der Waals surface area contributed by atoms with E-state index >= 15 is 0 Å². The van der Waals surface area contributed by atoms with Crippen molar-refractivity contribution in [2.24, 2.45) is 0 Å². The van der Waals surface area contributed by atoms with Gasteiger partial charge < -0.3 is 9.80 Å². The van der Waals surface area contributed by atoms with Gasteiger partial charge in [-0.05, 0) is 48.5 Å². The van der Waals surface area contributed by atoms with E-state index in [9.17, 15) is 16.8 Å². The third-order valence-corrected chi connectivity index (χ3v) is 9.01. The van der Waals surface area contributed by atoms with Crippen LogP contribution in [0.2, 0.25) is 0 Å². The van der Waals surface area contributed by atoms with E-state index in [2.05, 4.69) is 26.7 Å². The lowest BCUT2D eigenvalue weighted by Crippen LogP contribution is -2.46. The van der Waals surface area contributed by atoms with Crippen LogP contribution >= 0.6 is 0 Å². The molecule has 0 spiro atoms. The number of para-hydroxylation sites is 3. The van der Waals surface area contributed by atoms with Gasteiger partial charge >= 0.3 is 0 Å². The second-order valence-corrected chi connectivity index (χ2v) is 12.0. The molecule has 8 nitrogen and oxygen atoms in total. The molecule has 0 aromatic heterocycles. The quantitative estimate of drug-likeness (QED) is 0.536. The Balaban J connectivity index is 1.51. The molecule has 0 unspecified atom stereocenters. The van der Waals surface area contributed by atoms with Crippen molar-refractivity contribution in [3.63, 3.8) is 0 Å². The van der Waals surface area contributed by atoms with Gasteiger partial charge in [0, 0.05) is 46.0 Å². The molecule has 10 heteroatoms. The fraction of sp³-hybridized carbons (Fsp3) is 0.250. The third-order valence-electron chi connectivity index (χ3n) is 5.80. The fourth-order valence-corrected chi connectivity index (χ4v) is 5.86. The number of hydrogen-bond donors (Lipinski definition) is 1. The molecule has 1 saturated heterocycles. The van der Waals surface area contributed by atoms with Gasteiger partial charge in [-0.25, -0.2) is 21.1 Å². The highest BCUT2D eigenvalue weighted by Crippen LogP contribution is 2.30. The minimum absolute atomic E-state index is 0.00564. The summed E-state index contributed by atoms with van der Waals surface area (Å²) < 4.78 is 54.4. The maximum Gasteiger partial charge on any atom is 0.261 e. The van der Waals surface area contributed by atoms with Crippen LogP contribution in [0.5, 0.6) is 0 Å². The van der Waals surface area contributed by atoms with E-state index in [0.29, 0.717) is 5.69 Å². The number of nitrogens with zero attached hydrogens (tertiary/aromatic N) is 3. The van der Waals surface area contributed by atoms with E-state index in [0.717, 1.165) is 36.2 Å². The molecule has 180 valence electrons. The van der Waals surface area contributed by atoms with Crippen LogP contribution < -0.4 is 14.5 Å². The van der Waals surface area contributed by atoms with Crippen molar-refractivity contribution in [3.05, 3.63) is 78.9 Å². The molecule has 0 atom stereocenters. The van der Waals surface area contributed by atoms with Crippen LogP contribution in [0.15, 0.2) is 88.7 Å². The summed E-state index contributed by atoms with van der Waals surface area (Å²) in [5.41, 5.74) is 2.47. The average molecular weight is 501 g/mol. The summed E-state index contributed by atoms with van der Waals surface area (Å²) in [4.78, 5) is 4.51. The Morgan fingerprint density at radius 1 is 0.676 bits per heavy atom. The van der Waals surface area contributed by atoms with Crippen LogP contribution in [-0.2, 0) is 20.0 Å². The van der Waals surface area contributed by atoms with Gasteiger partial charge in [0.15, 0.2) is 0 Å². The van der Waals surface area contributed by atoms with Crippen molar-refractivity contribution in [2.75, 3.05) is 54.8 Å². The average Bonchev–Trinajstić information content (AvgIpc) is 2.85. The highest BCUT2D eigenvalue weighted by atomic mass is 32.2. The lowest BCUT2D eigenvalue weighted by molar-refractivity contribution is 0.520. The van der Waals surface area contributed by atoms with Crippen LogP contribution in [-0.4, -0.2) is 61.4 Å². The minimum Gasteiger partial charge on any atom is -0.368 e. The molecule has 1 N–H and O–H groups in total. The number of benzene rings is 3. The Bertz CT molecular complexity index is 1340. The lowest BCUT2D eigenvalue weighted by atomic mass is 10.2. The molecule has 1 aliphatic heterocycles. The Labute approximate surface area is 201 Å². The Hall–Kier alpha value is -3.08. The summed E-state index contributed by atoms with van der Waals surface area (Å²) in [6, 6.07) is 22.8. The Kier molecular flexibility index (Phi) is 6.83. The highest BCUT2D eigenvalue weighted by molar-refractivity contribution is 7.92. The van der Waals surface area contributed by atoms with Gasteiger partial charge in [-0.15, -0.1) is 0 Å². The maximum absolute atomic E-state index is 13.1. The molecular formula is C24H28N4O4S2. The molecule has 0 amide bonds. The van der Waals surface area contributed by atoms with Gasteiger partial charge in [0.1, 0.15) is 0 Å². The van der Waals surface area contributed by atoms with Crippen LogP contribution in [0.4, 0.5) is 17.1 Å². The van der Waals surface area contributed by atoms with E-state index in [1.165, 1.54) is 44.0 Å². The summed E-state index contributed by atoms with van der Waals surface area (Å²) in [7, 11) is -4.69. The first-order valence-electron chi connectivity index (χ1n) is 10.9. The van der Waals surface area contributed by atoms with E-state index in [4.69, 9.17) is 0 Å². The van der Waals surface area contributed by atoms with Crippen LogP contribution in [0, 0.1) is 0 Å². The summed E-state index contributed by atoms with van der Waals surface area (Å²) in [6.07, 6.45) is 0. The first kappa shape index (κ1) is 24.1. The Morgan fingerprint density at radius 3 is 1.82 bits per heavy atom. The molecule has 0 aliphatic carbocycles. The number of rotatable bonds is 7. The number of piperazine rings is 1. The molecular weight excluding hydrogens is 472 g/mol. The first-order valence-corrected chi connectivity index (χ1v) is 13.8. The molecule has 4 rings (SSSR count). The number of nitrogens with one attached hydrogen (secondary N) is 1. The van der Waals surface area contributed by atoms with Gasteiger partial charge in [0.25, 0.3) is 10.0 Å². The predicted molar refractivity (Wildman–Crippen MR) is 135 cm³/mol. The van der Waals surface area contributed by atoms with Crippen molar-refractivity contribution in [1.29, 1.82) is 0 Å². The highest BCUT2D eigenvalue weighted by Gasteiger charge is 2.23. The molecule has 0 radical (unpaired) electrons. The summed E-state index contributed by atoms with van der Waals surface area (Å²) in [6.45, 7) is 3.16. The fourth-order valence-electron chi connectivity index (χ4n) is 3.89. The molecule has 1 aliphatic rings.